The smallest absolute Gasteiger partial charge is 0.139 e. The highest BCUT2D eigenvalue weighted by molar-refractivity contribution is 5.90. The van der Waals surface area contributed by atoms with Crippen LogP contribution in [0.4, 0.5) is 0 Å². The van der Waals surface area contributed by atoms with E-state index in [1.165, 1.54) is 5.56 Å². The summed E-state index contributed by atoms with van der Waals surface area (Å²) in [5.41, 5.74) is 0.991. The maximum atomic E-state index is 12.6. The molecule has 2 atom stereocenters. The van der Waals surface area contributed by atoms with Gasteiger partial charge in [-0.2, -0.15) is 0 Å². The van der Waals surface area contributed by atoms with Crippen LogP contribution >= 0.6 is 0 Å². The van der Waals surface area contributed by atoms with Crippen LogP contribution in [0.5, 0.6) is 0 Å². The Morgan fingerprint density at radius 2 is 1.89 bits per heavy atom. The highest BCUT2D eigenvalue weighted by atomic mass is 16.1. The monoisotopic (exact) mass is 256 g/mol. The average Bonchev–Trinajstić information content (AvgIpc) is 2.42. The molecule has 2 saturated carbocycles. The van der Waals surface area contributed by atoms with Gasteiger partial charge in [0.15, 0.2) is 0 Å². The third kappa shape index (κ3) is 2.24. The molecule has 0 N–H and O–H groups in total. The van der Waals surface area contributed by atoms with Gasteiger partial charge in [0.05, 0.1) is 0 Å². The van der Waals surface area contributed by atoms with Crippen molar-refractivity contribution < 1.29 is 9.59 Å². The number of benzene rings is 1. The zero-order chi connectivity index (χ0) is 13.3. The molecular formula is C17H20O2. The van der Waals surface area contributed by atoms with E-state index in [0.717, 1.165) is 25.7 Å². The standard InChI is InChI=1S/C17H20O2/c18-15-9-10-17(12-13-5-2-1-3-6-13)14(11-15)7-4-8-16(17)19/h1-3,5-6,14H,4,7-12H2. The summed E-state index contributed by atoms with van der Waals surface area (Å²) in [6.07, 6.45) is 5.53. The van der Waals surface area contributed by atoms with E-state index in [1.54, 1.807) is 0 Å². The molecule has 1 aromatic carbocycles. The molecule has 2 aliphatic rings. The van der Waals surface area contributed by atoms with Crippen LogP contribution in [0.15, 0.2) is 30.3 Å². The molecule has 2 unspecified atom stereocenters. The molecule has 3 rings (SSSR count). The number of rotatable bonds is 2. The third-order valence-corrected chi connectivity index (χ3v) is 4.98. The summed E-state index contributed by atoms with van der Waals surface area (Å²) in [6.45, 7) is 0. The van der Waals surface area contributed by atoms with Gasteiger partial charge in [-0.05, 0) is 37.2 Å². The van der Waals surface area contributed by atoms with Gasteiger partial charge in [-0.3, -0.25) is 9.59 Å². The quantitative estimate of drug-likeness (QED) is 0.813. The van der Waals surface area contributed by atoms with Gasteiger partial charge in [0.2, 0.25) is 0 Å². The van der Waals surface area contributed by atoms with E-state index in [0.29, 0.717) is 30.8 Å². The van der Waals surface area contributed by atoms with Crippen molar-refractivity contribution in [2.75, 3.05) is 0 Å². The molecule has 0 radical (unpaired) electrons. The zero-order valence-corrected chi connectivity index (χ0v) is 11.2. The van der Waals surface area contributed by atoms with E-state index in [2.05, 4.69) is 12.1 Å². The Hall–Kier alpha value is -1.44. The van der Waals surface area contributed by atoms with Crippen LogP contribution in [-0.2, 0) is 16.0 Å². The van der Waals surface area contributed by atoms with E-state index < -0.39 is 0 Å². The maximum Gasteiger partial charge on any atom is 0.139 e. The van der Waals surface area contributed by atoms with Crippen LogP contribution in [0.1, 0.15) is 44.1 Å². The normalized spacial score (nSPS) is 31.1. The van der Waals surface area contributed by atoms with Gasteiger partial charge in [0, 0.05) is 24.7 Å². The van der Waals surface area contributed by atoms with Gasteiger partial charge >= 0.3 is 0 Å². The molecule has 0 aliphatic heterocycles. The van der Waals surface area contributed by atoms with E-state index in [4.69, 9.17) is 0 Å². The van der Waals surface area contributed by atoms with E-state index in [9.17, 15) is 9.59 Å². The van der Waals surface area contributed by atoms with Crippen molar-refractivity contribution >= 4 is 11.6 Å². The fourth-order valence-electron chi connectivity index (χ4n) is 3.93. The van der Waals surface area contributed by atoms with Crippen LogP contribution in [0.3, 0.4) is 0 Å². The number of hydrogen-bond acceptors (Lipinski definition) is 2. The lowest BCUT2D eigenvalue weighted by Crippen LogP contribution is -2.47. The molecule has 0 amide bonds. The lowest BCUT2D eigenvalue weighted by molar-refractivity contribution is -0.142. The summed E-state index contributed by atoms with van der Waals surface area (Å²) < 4.78 is 0. The van der Waals surface area contributed by atoms with E-state index >= 15 is 0 Å². The Labute approximate surface area is 114 Å². The van der Waals surface area contributed by atoms with Crippen molar-refractivity contribution in [3.63, 3.8) is 0 Å². The van der Waals surface area contributed by atoms with Crippen LogP contribution in [0.25, 0.3) is 0 Å². The minimum atomic E-state index is -0.243. The number of carbonyl (C=O) groups is 2. The molecule has 0 aromatic heterocycles. The summed E-state index contributed by atoms with van der Waals surface area (Å²) in [7, 11) is 0. The molecule has 2 fully saturated rings. The van der Waals surface area contributed by atoms with E-state index in [1.807, 2.05) is 18.2 Å². The molecule has 100 valence electrons. The predicted molar refractivity (Wildman–Crippen MR) is 73.8 cm³/mol. The van der Waals surface area contributed by atoms with Gasteiger partial charge in [-0.25, -0.2) is 0 Å². The van der Waals surface area contributed by atoms with Crippen molar-refractivity contribution in [2.45, 2.75) is 44.9 Å². The minimum absolute atomic E-state index is 0.243. The first-order valence-corrected chi connectivity index (χ1v) is 7.30. The summed E-state index contributed by atoms with van der Waals surface area (Å²) in [5, 5.41) is 0. The highest BCUT2D eigenvalue weighted by Gasteiger charge is 2.49. The topological polar surface area (TPSA) is 34.1 Å². The summed E-state index contributed by atoms with van der Waals surface area (Å²) >= 11 is 0. The first-order valence-electron chi connectivity index (χ1n) is 7.30. The molecule has 2 heteroatoms. The summed E-state index contributed by atoms with van der Waals surface area (Å²) in [6, 6.07) is 10.3. The Bertz CT molecular complexity index is 491. The Morgan fingerprint density at radius 1 is 1.11 bits per heavy atom. The maximum absolute atomic E-state index is 12.6. The Morgan fingerprint density at radius 3 is 2.68 bits per heavy atom. The van der Waals surface area contributed by atoms with Crippen LogP contribution in [0.2, 0.25) is 0 Å². The molecule has 0 spiro atoms. The largest absolute Gasteiger partial charge is 0.300 e. The summed E-state index contributed by atoms with van der Waals surface area (Å²) in [5.74, 6) is 1.04. The second kappa shape index (κ2) is 4.92. The second-order valence-corrected chi connectivity index (χ2v) is 6.07. The number of fused-ring (bicyclic) bond motifs is 1. The van der Waals surface area contributed by atoms with Gasteiger partial charge in [0.1, 0.15) is 11.6 Å². The first kappa shape index (κ1) is 12.6. The average molecular weight is 256 g/mol. The minimum Gasteiger partial charge on any atom is -0.300 e. The fraction of sp³-hybridized carbons (Fsp3) is 0.529. The molecule has 0 heterocycles. The molecule has 19 heavy (non-hydrogen) atoms. The zero-order valence-electron chi connectivity index (χ0n) is 11.2. The van der Waals surface area contributed by atoms with Gasteiger partial charge in [0.25, 0.3) is 0 Å². The SMILES string of the molecule is O=C1CCC2(Cc3ccccc3)C(=O)CCCC2C1. The third-order valence-electron chi connectivity index (χ3n) is 4.98. The summed E-state index contributed by atoms with van der Waals surface area (Å²) in [4.78, 5) is 24.3. The number of carbonyl (C=O) groups excluding carboxylic acids is 2. The molecule has 2 nitrogen and oxygen atoms in total. The number of hydrogen-bond donors (Lipinski definition) is 0. The number of ketones is 2. The molecule has 2 aliphatic carbocycles. The fourth-order valence-corrected chi connectivity index (χ4v) is 3.93. The van der Waals surface area contributed by atoms with Crippen LogP contribution in [0, 0.1) is 11.3 Å². The van der Waals surface area contributed by atoms with Crippen LogP contribution in [-0.4, -0.2) is 11.6 Å². The van der Waals surface area contributed by atoms with Crippen LogP contribution < -0.4 is 0 Å². The molecule has 1 aromatic rings. The van der Waals surface area contributed by atoms with Gasteiger partial charge < -0.3 is 0 Å². The highest BCUT2D eigenvalue weighted by Crippen LogP contribution is 2.49. The first-order chi connectivity index (χ1) is 9.21. The van der Waals surface area contributed by atoms with Gasteiger partial charge in [-0.15, -0.1) is 0 Å². The Balaban J connectivity index is 1.92. The predicted octanol–water partition coefficient (Wildman–Crippen LogP) is 3.34. The molecular weight excluding hydrogens is 236 g/mol. The van der Waals surface area contributed by atoms with Crippen molar-refractivity contribution in [3.05, 3.63) is 35.9 Å². The second-order valence-electron chi connectivity index (χ2n) is 6.07. The lowest BCUT2D eigenvalue weighted by Gasteiger charge is -2.45. The van der Waals surface area contributed by atoms with Crippen molar-refractivity contribution in [1.29, 1.82) is 0 Å². The Kier molecular flexibility index (Phi) is 3.26. The number of Topliss-reactive ketones (excluding diaryl/α,β-unsaturated/α-hetero) is 2. The molecule has 0 bridgehead atoms. The van der Waals surface area contributed by atoms with Crippen molar-refractivity contribution in [3.8, 4) is 0 Å². The van der Waals surface area contributed by atoms with Crippen molar-refractivity contribution in [1.82, 2.24) is 0 Å². The lowest BCUT2D eigenvalue weighted by atomic mass is 9.56. The molecule has 0 saturated heterocycles. The van der Waals surface area contributed by atoms with Gasteiger partial charge in [-0.1, -0.05) is 30.3 Å². The van der Waals surface area contributed by atoms with Crippen molar-refractivity contribution in [2.24, 2.45) is 11.3 Å². The van der Waals surface area contributed by atoms with E-state index in [-0.39, 0.29) is 11.3 Å².